The van der Waals surface area contributed by atoms with Gasteiger partial charge < -0.3 is 4.57 Å². The van der Waals surface area contributed by atoms with Gasteiger partial charge in [-0.3, -0.25) is 0 Å². The molecular weight excluding hydrogens is 274 g/mol. The number of pyridine rings is 1. The van der Waals surface area contributed by atoms with Crippen molar-refractivity contribution in [2.75, 3.05) is 0 Å². The minimum Gasteiger partial charge on any atom is -0.326 e. The topological polar surface area (TPSA) is 48.5 Å². The van der Waals surface area contributed by atoms with Gasteiger partial charge in [0.05, 0.1) is 5.69 Å². The van der Waals surface area contributed by atoms with Crippen LogP contribution in [-0.4, -0.2) is 24.3 Å². The Morgan fingerprint density at radius 3 is 2.73 bits per heavy atom. The average Bonchev–Trinajstić information content (AvgIpc) is 3.17. The van der Waals surface area contributed by atoms with E-state index in [2.05, 4.69) is 63.0 Å². The summed E-state index contributed by atoms with van der Waals surface area (Å²) < 4.78 is 3.99. The molecule has 1 aromatic carbocycles. The van der Waals surface area contributed by atoms with Crippen LogP contribution in [0.5, 0.6) is 0 Å². The summed E-state index contributed by atoms with van der Waals surface area (Å²) in [5.74, 6) is 0. The molecule has 0 unspecified atom stereocenters. The molecule has 0 radical (unpaired) electrons. The SMILES string of the molecule is Cc1cc2cccnc2n1Cc1ccc(-n2cncn2)cc1. The van der Waals surface area contributed by atoms with Crippen molar-refractivity contribution >= 4 is 11.0 Å². The maximum absolute atomic E-state index is 4.50. The van der Waals surface area contributed by atoms with Crippen molar-refractivity contribution in [1.82, 2.24) is 24.3 Å². The predicted molar refractivity (Wildman–Crippen MR) is 84.9 cm³/mol. The first-order valence-corrected chi connectivity index (χ1v) is 7.16. The molecule has 0 bridgehead atoms. The maximum Gasteiger partial charge on any atom is 0.140 e. The van der Waals surface area contributed by atoms with Gasteiger partial charge in [-0.05, 0) is 42.8 Å². The summed E-state index contributed by atoms with van der Waals surface area (Å²) in [5.41, 5.74) is 4.48. The van der Waals surface area contributed by atoms with Crippen molar-refractivity contribution in [1.29, 1.82) is 0 Å². The van der Waals surface area contributed by atoms with Gasteiger partial charge in [0.15, 0.2) is 0 Å². The van der Waals surface area contributed by atoms with E-state index >= 15 is 0 Å². The molecule has 5 nitrogen and oxygen atoms in total. The van der Waals surface area contributed by atoms with Crippen molar-refractivity contribution in [3.8, 4) is 5.69 Å². The van der Waals surface area contributed by atoms with Crippen LogP contribution < -0.4 is 0 Å². The third-order valence-electron chi connectivity index (χ3n) is 3.82. The molecule has 0 aliphatic carbocycles. The molecule has 4 rings (SSSR count). The second-order valence-corrected chi connectivity index (χ2v) is 5.29. The molecule has 0 fully saturated rings. The molecule has 0 atom stereocenters. The van der Waals surface area contributed by atoms with Crippen molar-refractivity contribution in [3.63, 3.8) is 0 Å². The Bertz CT molecular complexity index is 904. The minimum absolute atomic E-state index is 0.810. The molecule has 0 N–H and O–H groups in total. The molecule has 4 aromatic rings. The third-order valence-corrected chi connectivity index (χ3v) is 3.82. The zero-order chi connectivity index (χ0) is 14.9. The number of rotatable bonds is 3. The average molecular weight is 289 g/mol. The summed E-state index contributed by atoms with van der Waals surface area (Å²) >= 11 is 0. The van der Waals surface area contributed by atoms with E-state index in [4.69, 9.17) is 0 Å². The van der Waals surface area contributed by atoms with Crippen molar-refractivity contribution in [2.45, 2.75) is 13.5 Å². The van der Waals surface area contributed by atoms with E-state index < -0.39 is 0 Å². The zero-order valence-electron chi connectivity index (χ0n) is 12.2. The van der Waals surface area contributed by atoms with E-state index in [1.165, 1.54) is 23.0 Å². The Kier molecular flexibility index (Phi) is 2.96. The van der Waals surface area contributed by atoms with Gasteiger partial charge in [-0.1, -0.05) is 12.1 Å². The zero-order valence-corrected chi connectivity index (χ0v) is 12.2. The molecule has 0 aliphatic heterocycles. The number of fused-ring (bicyclic) bond motifs is 1. The molecule has 0 saturated carbocycles. The van der Waals surface area contributed by atoms with E-state index in [9.17, 15) is 0 Å². The van der Waals surface area contributed by atoms with E-state index in [1.54, 1.807) is 11.0 Å². The first-order chi connectivity index (χ1) is 10.8. The monoisotopic (exact) mass is 289 g/mol. The highest BCUT2D eigenvalue weighted by molar-refractivity contribution is 5.77. The van der Waals surface area contributed by atoms with Gasteiger partial charge in [-0.2, -0.15) is 5.10 Å². The van der Waals surface area contributed by atoms with Gasteiger partial charge in [0.2, 0.25) is 0 Å². The molecule has 108 valence electrons. The lowest BCUT2D eigenvalue weighted by atomic mass is 10.2. The van der Waals surface area contributed by atoms with Crippen LogP contribution in [-0.2, 0) is 6.54 Å². The van der Waals surface area contributed by atoms with E-state index in [-0.39, 0.29) is 0 Å². The van der Waals surface area contributed by atoms with E-state index in [0.29, 0.717) is 0 Å². The van der Waals surface area contributed by atoms with Crippen LogP contribution >= 0.6 is 0 Å². The number of aromatic nitrogens is 5. The Hall–Kier alpha value is -2.95. The third kappa shape index (κ3) is 2.16. The second kappa shape index (κ2) is 5.11. The standard InChI is InChI=1S/C17H15N5/c1-13-9-15-3-2-8-19-17(15)21(13)10-14-4-6-16(7-5-14)22-12-18-11-20-22/h2-9,11-12H,10H2,1H3. The fraction of sp³-hybridized carbons (Fsp3) is 0.118. The van der Waals surface area contributed by atoms with Crippen molar-refractivity contribution < 1.29 is 0 Å². The van der Waals surface area contributed by atoms with Crippen LogP contribution in [0.1, 0.15) is 11.3 Å². The first-order valence-electron chi connectivity index (χ1n) is 7.16. The van der Waals surface area contributed by atoms with Gasteiger partial charge in [0, 0.05) is 23.8 Å². The molecule has 5 heteroatoms. The molecule has 0 saturated heterocycles. The molecular formula is C17H15N5. The quantitative estimate of drug-likeness (QED) is 0.582. The lowest BCUT2D eigenvalue weighted by molar-refractivity contribution is 0.793. The highest BCUT2D eigenvalue weighted by Crippen LogP contribution is 2.19. The minimum atomic E-state index is 0.810. The predicted octanol–water partition coefficient (Wildman–Crippen LogP) is 2.97. The number of benzene rings is 1. The lowest BCUT2D eigenvalue weighted by Crippen LogP contribution is -2.03. The Morgan fingerprint density at radius 1 is 1.09 bits per heavy atom. The van der Waals surface area contributed by atoms with E-state index in [1.807, 2.05) is 12.3 Å². The van der Waals surface area contributed by atoms with Gasteiger partial charge in [0.1, 0.15) is 18.3 Å². The van der Waals surface area contributed by atoms with Crippen LogP contribution in [0.2, 0.25) is 0 Å². The van der Waals surface area contributed by atoms with Gasteiger partial charge >= 0.3 is 0 Å². The summed E-state index contributed by atoms with van der Waals surface area (Å²) in [5, 5.41) is 5.32. The lowest BCUT2D eigenvalue weighted by Gasteiger charge is -2.08. The Labute approximate surface area is 127 Å². The Balaban J connectivity index is 1.67. The maximum atomic E-state index is 4.50. The van der Waals surface area contributed by atoms with Gasteiger partial charge in [-0.15, -0.1) is 0 Å². The molecule has 3 heterocycles. The van der Waals surface area contributed by atoms with Crippen LogP contribution in [0.25, 0.3) is 16.7 Å². The fourth-order valence-corrected chi connectivity index (χ4v) is 2.70. The largest absolute Gasteiger partial charge is 0.326 e. The fourth-order valence-electron chi connectivity index (χ4n) is 2.70. The molecule has 0 aliphatic rings. The highest BCUT2D eigenvalue weighted by atomic mass is 15.3. The summed E-state index contributed by atoms with van der Waals surface area (Å²) in [7, 11) is 0. The molecule has 22 heavy (non-hydrogen) atoms. The number of hydrogen-bond donors (Lipinski definition) is 0. The molecule has 0 amide bonds. The second-order valence-electron chi connectivity index (χ2n) is 5.29. The van der Waals surface area contributed by atoms with E-state index in [0.717, 1.165) is 17.9 Å². The molecule has 3 aromatic heterocycles. The van der Waals surface area contributed by atoms with Crippen molar-refractivity contribution in [3.05, 3.63) is 72.6 Å². The van der Waals surface area contributed by atoms with Crippen LogP contribution in [0, 0.1) is 6.92 Å². The van der Waals surface area contributed by atoms with Crippen molar-refractivity contribution in [2.24, 2.45) is 0 Å². The number of nitrogens with zero attached hydrogens (tertiary/aromatic N) is 5. The summed E-state index contributed by atoms with van der Waals surface area (Å²) in [4.78, 5) is 8.46. The smallest absolute Gasteiger partial charge is 0.140 e. The first kappa shape index (κ1) is 12.8. The van der Waals surface area contributed by atoms with Gasteiger partial charge in [-0.25, -0.2) is 14.6 Å². The number of aryl methyl sites for hydroxylation is 1. The summed E-state index contributed by atoms with van der Waals surface area (Å²) in [6.45, 7) is 2.93. The highest BCUT2D eigenvalue weighted by Gasteiger charge is 2.07. The van der Waals surface area contributed by atoms with Crippen LogP contribution in [0.3, 0.4) is 0 Å². The number of hydrogen-bond acceptors (Lipinski definition) is 3. The summed E-state index contributed by atoms with van der Waals surface area (Å²) in [6, 6.07) is 14.6. The van der Waals surface area contributed by atoms with Gasteiger partial charge in [0.25, 0.3) is 0 Å². The van der Waals surface area contributed by atoms with Crippen LogP contribution in [0.15, 0.2) is 61.3 Å². The normalized spacial score (nSPS) is 11.1. The Morgan fingerprint density at radius 2 is 1.95 bits per heavy atom. The molecule has 0 spiro atoms. The summed E-state index contributed by atoms with van der Waals surface area (Å²) in [6.07, 6.45) is 5.07. The van der Waals surface area contributed by atoms with Crippen LogP contribution in [0.4, 0.5) is 0 Å².